The number of nitrogens with one attached hydrogen (secondary N) is 2. The van der Waals surface area contributed by atoms with Crippen molar-refractivity contribution in [3.8, 4) is 0 Å². The van der Waals surface area contributed by atoms with Crippen molar-refractivity contribution in [1.29, 1.82) is 0 Å². The minimum atomic E-state index is -0.521. The summed E-state index contributed by atoms with van der Waals surface area (Å²) in [5, 5.41) is 6.13. The van der Waals surface area contributed by atoms with Crippen LogP contribution in [0.25, 0.3) is 0 Å². The van der Waals surface area contributed by atoms with Crippen LogP contribution < -0.4 is 10.6 Å². The van der Waals surface area contributed by atoms with Crippen molar-refractivity contribution in [3.05, 3.63) is 70.8 Å². The first-order valence-electron chi connectivity index (χ1n) is 12.1. The van der Waals surface area contributed by atoms with Crippen molar-refractivity contribution in [3.63, 3.8) is 0 Å². The maximum absolute atomic E-state index is 12.7. The summed E-state index contributed by atoms with van der Waals surface area (Å²) in [5.74, 6) is -1.19. The number of methoxy groups -OCH3 is 1. The SMILES string of the molecule is CCCN(CCC)C(=O)c1cccc(C(=O)NCCCNCCOC)c1.Cc1cc(F)cc(F)c1. The molecule has 0 aliphatic rings. The zero-order valence-corrected chi connectivity index (χ0v) is 21.3. The van der Waals surface area contributed by atoms with Crippen LogP contribution in [0.5, 0.6) is 0 Å². The molecule has 2 amide bonds. The van der Waals surface area contributed by atoms with Gasteiger partial charge in [0.1, 0.15) is 11.6 Å². The van der Waals surface area contributed by atoms with Crippen molar-refractivity contribution in [1.82, 2.24) is 15.5 Å². The molecule has 0 aliphatic heterocycles. The monoisotopic (exact) mass is 491 g/mol. The second kappa shape index (κ2) is 17.6. The second-order valence-corrected chi connectivity index (χ2v) is 8.17. The van der Waals surface area contributed by atoms with Crippen molar-refractivity contribution < 1.29 is 23.1 Å². The number of ether oxygens (including phenoxy) is 1. The Morgan fingerprint density at radius 1 is 0.914 bits per heavy atom. The van der Waals surface area contributed by atoms with Crippen molar-refractivity contribution in [2.24, 2.45) is 0 Å². The predicted molar refractivity (Wildman–Crippen MR) is 136 cm³/mol. The molecule has 2 aromatic carbocycles. The third kappa shape index (κ3) is 12.4. The standard InChI is InChI=1S/C20H33N3O3.C7H6F2/c1-4-13-23(14-5-2)20(25)18-9-6-8-17(16-18)19(24)22-11-7-10-21-12-15-26-3;1-5-2-6(8)4-7(9)3-5/h6,8-9,16,21H,4-5,7,10-15H2,1-3H3,(H,22,24);2-4H,1H3. The lowest BCUT2D eigenvalue weighted by atomic mass is 10.1. The molecule has 2 aromatic rings. The van der Waals surface area contributed by atoms with Gasteiger partial charge in [0.15, 0.2) is 0 Å². The molecule has 0 saturated heterocycles. The minimum absolute atomic E-state index is 0.00862. The summed E-state index contributed by atoms with van der Waals surface area (Å²) in [4.78, 5) is 26.8. The second-order valence-electron chi connectivity index (χ2n) is 8.17. The third-order valence-corrected chi connectivity index (χ3v) is 4.95. The van der Waals surface area contributed by atoms with E-state index in [0.717, 1.165) is 51.5 Å². The molecule has 0 aromatic heterocycles. The zero-order chi connectivity index (χ0) is 26.1. The lowest BCUT2D eigenvalue weighted by Crippen LogP contribution is -2.33. The van der Waals surface area contributed by atoms with E-state index in [4.69, 9.17) is 4.74 Å². The van der Waals surface area contributed by atoms with Gasteiger partial charge in [-0.05, 0) is 68.6 Å². The number of rotatable bonds is 13. The number of carbonyl (C=O) groups excluding carboxylic acids is 2. The van der Waals surface area contributed by atoms with Gasteiger partial charge in [-0.25, -0.2) is 8.78 Å². The molecule has 0 aliphatic carbocycles. The van der Waals surface area contributed by atoms with E-state index in [1.807, 2.05) is 4.90 Å². The minimum Gasteiger partial charge on any atom is -0.383 e. The van der Waals surface area contributed by atoms with Gasteiger partial charge in [-0.2, -0.15) is 0 Å². The number of aryl methyl sites for hydroxylation is 1. The summed E-state index contributed by atoms with van der Waals surface area (Å²) < 4.78 is 29.3. The number of amides is 2. The molecule has 6 nitrogen and oxygen atoms in total. The van der Waals surface area contributed by atoms with E-state index in [1.165, 1.54) is 12.1 Å². The fourth-order valence-electron chi connectivity index (χ4n) is 3.34. The summed E-state index contributed by atoms with van der Waals surface area (Å²) >= 11 is 0. The van der Waals surface area contributed by atoms with Crippen LogP contribution >= 0.6 is 0 Å². The van der Waals surface area contributed by atoms with Crippen LogP contribution in [0.1, 0.15) is 59.4 Å². The van der Waals surface area contributed by atoms with E-state index in [1.54, 1.807) is 38.3 Å². The Kier molecular flexibility index (Phi) is 15.2. The molecule has 2 rings (SSSR count). The summed E-state index contributed by atoms with van der Waals surface area (Å²) in [6.45, 7) is 10.1. The van der Waals surface area contributed by atoms with Crippen LogP contribution in [0.15, 0.2) is 42.5 Å². The van der Waals surface area contributed by atoms with Crippen LogP contribution in [0, 0.1) is 18.6 Å². The van der Waals surface area contributed by atoms with Crippen molar-refractivity contribution in [2.45, 2.75) is 40.0 Å². The van der Waals surface area contributed by atoms with Gasteiger partial charge < -0.3 is 20.3 Å². The van der Waals surface area contributed by atoms with Gasteiger partial charge in [-0.15, -0.1) is 0 Å². The number of hydrogen-bond acceptors (Lipinski definition) is 4. The van der Waals surface area contributed by atoms with E-state index in [-0.39, 0.29) is 11.8 Å². The average Bonchev–Trinajstić information content (AvgIpc) is 2.82. The Morgan fingerprint density at radius 3 is 2.11 bits per heavy atom. The number of benzene rings is 2. The molecule has 0 bridgehead atoms. The van der Waals surface area contributed by atoms with Crippen molar-refractivity contribution >= 4 is 11.8 Å². The first-order valence-corrected chi connectivity index (χ1v) is 12.1. The van der Waals surface area contributed by atoms with Crippen molar-refractivity contribution in [2.75, 3.05) is 46.4 Å². The van der Waals surface area contributed by atoms with Crippen LogP contribution in [0.2, 0.25) is 0 Å². The van der Waals surface area contributed by atoms with E-state index in [0.29, 0.717) is 29.8 Å². The number of nitrogens with zero attached hydrogens (tertiary/aromatic N) is 1. The number of hydrogen-bond donors (Lipinski definition) is 2. The van der Waals surface area contributed by atoms with Gasteiger partial charge in [-0.3, -0.25) is 9.59 Å². The molecular formula is C27H39F2N3O3. The van der Waals surface area contributed by atoms with Crippen LogP contribution in [0.3, 0.4) is 0 Å². The molecule has 0 heterocycles. The number of halogens is 2. The smallest absolute Gasteiger partial charge is 0.253 e. The lowest BCUT2D eigenvalue weighted by molar-refractivity contribution is 0.0755. The number of carbonyl (C=O) groups is 2. The maximum atomic E-state index is 12.7. The van der Waals surface area contributed by atoms with Gasteiger partial charge in [-0.1, -0.05) is 19.9 Å². The zero-order valence-electron chi connectivity index (χ0n) is 21.3. The third-order valence-electron chi connectivity index (χ3n) is 4.95. The van der Waals surface area contributed by atoms with Gasteiger partial charge >= 0.3 is 0 Å². The molecule has 0 spiro atoms. The highest BCUT2D eigenvalue weighted by atomic mass is 19.1. The molecule has 194 valence electrons. The Balaban J connectivity index is 0.000000566. The molecular weight excluding hydrogens is 452 g/mol. The van der Waals surface area contributed by atoms with Gasteiger partial charge in [0, 0.05) is 50.5 Å². The molecule has 0 atom stereocenters. The summed E-state index contributed by atoms with van der Waals surface area (Å²) in [5.41, 5.74) is 1.70. The van der Waals surface area contributed by atoms with Crippen LogP contribution in [0.4, 0.5) is 8.78 Å². The van der Waals surface area contributed by atoms with Gasteiger partial charge in [0.2, 0.25) is 0 Å². The fourth-order valence-corrected chi connectivity index (χ4v) is 3.34. The Hall–Kier alpha value is -2.84. The Morgan fingerprint density at radius 2 is 1.54 bits per heavy atom. The molecule has 0 radical (unpaired) electrons. The molecule has 0 unspecified atom stereocenters. The summed E-state index contributed by atoms with van der Waals surface area (Å²) in [6.07, 6.45) is 2.68. The molecule has 0 fully saturated rings. The largest absolute Gasteiger partial charge is 0.383 e. The highest BCUT2D eigenvalue weighted by Crippen LogP contribution is 2.10. The highest BCUT2D eigenvalue weighted by molar-refractivity contribution is 5.99. The van der Waals surface area contributed by atoms with Gasteiger partial charge in [0.25, 0.3) is 11.8 Å². The molecule has 2 N–H and O–H groups in total. The lowest BCUT2D eigenvalue weighted by Gasteiger charge is -2.21. The average molecular weight is 492 g/mol. The van der Waals surface area contributed by atoms with E-state index in [2.05, 4.69) is 24.5 Å². The highest BCUT2D eigenvalue weighted by Gasteiger charge is 2.16. The van der Waals surface area contributed by atoms with Crippen LogP contribution in [-0.4, -0.2) is 63.2 Å². The topological polar surface area (TPSA) is 70.7 Å². The summed E-state index contributed by atoms with van der Waals surface area (Å²) in [6, 6.07) is 10.4. The Labute approximate surface area is 208 Å². The van der Waals surface area contributed by atoms with E-state index in [9.17, 15) is 18.4 Å². The molecule has 8 heteroatoms. The Bertz CT molecular complexity index is 853. The first kappa shape index (κ1) is 30.2. The van der Waals surface area contributed by atoms with Gasteiger partial charge in [0.05, 0.1) is 6.61 Å². The quantitative estimate of drug-likeness (QED) is 0.403. The fraction of sp³-hybridized carbons (Fsp3) is 0.481. The molecule has 0 saturated carbocycles. The van der Waals surface area contributed by atoms with E-state index < -0.39 is 11.6 Å². The first-order chi connectivity index (χ1) is 16.8. The molecule has 35 heavy (non-hydrogen) atoms. The van der Waals surface area contributed by atoms with Crippen LogP contribution in [-0.2, 0) is 4.74 Å². The normalized spacial score (nSPS) is 10.3. The predicted octanol–water partition coefficient (Wildman–Crippen LogP) is 4.58. The van der Waals surface area contributed by atoms with E-state index >= 15 is 0 Å². The maximum Gasteiger partial charge on any atom is 0.253 e. The summed E-state index contributed by atoms with van der Waals surface area (Å²) in [7, 11) is 1.67.